The topological polar surface area (TPSA) is 49.3 Å². The monoisotopic (exact) mass is 203 g/mol. The number of aryl methyl sites for hydroxylation is 1. The van der Waals surface area contributed by atoms with Gasteiger partial charge in [0.25, 0.3) is 5.91 Å². The van der Waals surface area contributed by atoms with Gasteiger partial charge < -0.3 is 10.4 Å². The van der Waals surface area contributed by atoms with E-state index >= 15 is 0 Å². The molecule has 0 spiro atoms. The number of aromatic hydroxyl groups is 1. The molecule has 0 fully saturated rings. The van der Waals surface area contributed by atoms with E-state index < -0.39 is 0 Å². The molecule has 0 radical (unpaired) electrons. The SMILES string of the molecule is C#CC(C)NC(=O)c1ccc(O)c(C)c1. The van der Waals surface area contributed by atoms with Gasteiger partial charge in [0.2, 0.25) is 0 Å². The van der Waals surface area contributed by atoms with Crippen molar-refractivity contribution in [2.75, 3.05) is 0 Å². The number of phenolic OH excluding ortho intramolecular Hbond substituents is 1. The van der Waals surface area contributed by atoms with Crippen LogP contribution >= 0.6 is 0 Å². The van der Waals surface area contributed by atoms with Gasteiger partial charge in [-0.05, 0) is 37.6 Å². The quantitative estimate of drug-likeness (QED) is 0.715. The summed E-state index contributed by atoms with van der Waals surface area (Å²) in [7, 11) is 0. The number of hydrogen-bond acceptors (Lipinski definition) is 2. The third-order valence-electron chi connectivity index (χ3n) is 2.06. The first kappa shape index (κ1) is 11.1. The molecule has 2 N–H and O–H groups in total. The van der Waals surface area contributed by atoms with E-state index in [0.717, 1.165) is 0 Å². The Balaban J connectivity index is 2.84. The predicted octanol–water partition coefficient (Wildman–Crippen LogP) is 1.45. The first-order chi connectivity index (χ1) is 7.04. The Morgan fingerprint density at radius 1 is 1.60 bits per heavy atom. The Morgan fingerprint density at radius 3 is 2.80 bits per heavy atom. The van der Waals surface area contributed by atoms with Crippen molar-refractivity contribution >= 4 is 5.91 Å². The van der Waals surface area contributed by atoms with Crippen LogP contribution in [0.4, 0.5) is 0 Å². The molecule has 78 valence electrons. The molecule has 3 heteroatoms. The lowest BCUT2D eigenvalue weighted by Gasteiger charge is -2.08. The van der Waals surface area contributed by atoms with E-state index in [1.54, 1.807) is 26.0 Å². The van der Waals surface area contributed by atoms with Crippen LogP contribution in [0.2, 0.25) is 0 Å². The molecule has 3 nitrogen and oxygen atoms in total. The average molecular weight is 203 g/mol. The summed E-state index contributed by atoms with van der Waals surface area (Å²) in [4.78, 5) is 11.6. The van der Waals surface area contributed by atoms with E-state index in [1.807, 2.05) is 0 Å². The molecule has 0 heterocycles. The van der Waals surface area contributed by atoms with Gasteiger partial charge in [-0.3, -0.25) is 4.79 Å². The van der Waals surface area contributed by atoms with Gasteiger partial charge in [0.15, 0.2) is 0 Å². The number of rotatable bonds is 2. The van der Waals surface area contributed by atoms with Crippen LogP contribution in [0.3, 0.4) is 0 Å². The molecule has 0 saturated carbocycles. The third-order valence-corrected chi connectivity index (χ3v) is 2.06. The molecule has 1 rings (SSSR count). The fourth-order valence-electron chi connectivity index (χ4n) is 1.12. The van der Waals surface area contributed by atoms with Gasteiger partial charge in [-0.15, -0.1) is 6.42 Å². The maximum atomic E-state index is 11.6. The second kappa shape index (κ2) is 4.52. The second-order valence-corrected chi connectivity index (χ2v) is 3.36. The molecule has 1 atom stereocenters. The van der Waals surface area contributed by atoms with E-state index in [1.165, 1.54) is 6.07 Å². The van der Waals surface area contributed by atoms with Crippen LogP contribution in [0.5, 0.6) is 5.75 Å². The molecule has 0 saturated heterocycles. The molecule has 15 heavy (non-hydrogen) atoms. The summed E-state index contributed by atoms with van der Waals surface area (Å²) in [5, 5.41) is 11.9. The van der Waals surface area contributed by atoms with Crippen LogP contribution in [0.25, 0.3) is 0 Å². The zero-order valence-electron chi connectivity index (χ0n) is 8.74. The highest BCUT2D eigenvalue weighted by Crippen LogP contribution is 2.16. The first-order valence-corrected chi connectivity index (χ1v) is 4.61. The Labute approximate surface area is 89.1 Å². The van der Waals surface area contributed by atoms with E-state index in [2.05, 4.69) is 11.2 Å². The fraction of sp³-hybridized carbons (Fsp3) is 0.250. The van der Waals surface area contributed by atoms with Crippen LogP contribution in [-0.2, 0) is 0 Å². The number of amides is 1. The summed E-state index contributed by atoms with van der Waals surface area (Å²) >= 11 is 0. The fourth-order valence-corrected chi connectivity index (χ4v) is 1.12. The second-order valence-electron chi connectivity index (χ2n) is 3.36. The molecular formula is C12H13NO2. The molecule has 1 amide bonds. The van der Waals surface area contributed by atoms with E-state index in [0.29, 0.717) is 11.1 Å². The Morgan fingerprint density at radius 2 is 2.27 bits per heavy atom. The summed E-state index contributed by atoms with van der Waals surface area (Å²) in [5.41, 5.74) is 1.16. The van der Waals surface area contributed by atoms with Crippen molar-refractivity contribution in [2.45, 2.75) is 19.9 Å². The normalized spacial score (nSPS) is 11.5. The average Bonchev–Trinajstić information content (AvgIpc) is 2.21. The van der Waals surface area contributed by atoms with Crippen molar-refractivity contribution in [3.63, 3.8) is 0 Å². The lowest BCUT2D eigenvalue weighted by molar-refractivity contribution is 0.0948. The van der Waals surface area contributed by atoms with Gasteiger partial charge >= 0.3 is 0 Å². The van der Waals surface area contributed by atoms with Crippen LogP contribution < -0.4 is 5.32 Å². The van der Waals surface area contributed by atoms with E-state index in [-0.39, 0.29) is 17.7 Å². The third kappa shape index (κ3) is 2.75. The molecule has 1 aromatic carbocycles. The maximum Gasteiger partial charge on any atom is 0.252 e. The zero-order valence-corrected chi connectivity index (χ0v) is 8.74. The number of terminal acetylenes is 1. The Hall–Kier alpha value is -1.95. The van der Waals surface area contributed by atoms with Crippen molar-refractivity contribution in [3.8, 4) is 18.1 Å². The molecular weight excluding hydrogens is 190 g/mol. The molecule has 0 aromatic heterocycles. The number of hydrogen-bond donors (Lipinski definition) is 2. The van der Waals surface area contributed by atoms with Crippen LogP contribution in [-0.4, -0.2) is 17.1 Å². The number of carbonyl (C=O) groups excluding carboxylic acids is 1. The number of carbonyl (C=O) groups is 1. The van der Waals surface area contributed by atoms with Gasteiger partial charge in [-0.25, -0.2) is 0 Å². The minimum absolute atomic E-state index is 0.177. The van der Waals surface area contributed by atoms with Gasteiger partial charge in [0.05, 0.1) is 6.04 Å². The minimum Gasteiger partial charge on any atom is -0.508 e. The van der Waals surface area contributed by atoms with Crippen molar-refractivity contribution < 1.29 is 9.90 Å². The Bertz CT molecular complexity index is 418. The summed E-state index contributed by atoms with van der Waals surface area (Å²) in [6.07, 6.45) is 5.15. The molecule has 0 aliphatic carbocycles. The van der Waals surface area contributed by atoms with Gasteiger partial charge in [0, 0.05) is 5.56 Å². The van der Waals surface area contributed by atoms with E-state index in [9.17, 15) is 9.90 Å². The largest absolute Gasteiger partial charge is 0.508 e. The highest BCUT2D eigenvalue weighted by molar-refractivity contribution is 5.94. The highest BCUT2D eigenvalue weighted by Gasteiger charge is 2.08. The summed E-state index contributed by atoms with van der Waals surface area (Å²) in [6, 6.07) is 4.37. The van der Waals surface area contributed by atoms with Crippen molar-refractivity contribution in [2.24, 2.45) is 0 Å². The summed E-state index contributed by atoms with van der Waals surface area (Å²) in [6.45, 7) is 3.46. The minimum atomic E-state index is -0.299. The summed E-state index contributed by atoms with van der Waals surface area (Å²) < 4.78 is 0. The molecule has 1 unspecified atom stereocenters. The van der Waals surface area contributed by atoms with Crippen molar-refractivity contribution in [3.05, 3.63) is 29.3 Å². The molecule has 0 aliphatic heterocycles. The number of benzene rings is 1. The Kier molecular flexibility index (Phi) is 3.35. The van der Waals surface area contributed by atoms with Gasteiger partial charge in [-0.2, -0.15) is 0 Å². The van der Waals surface area contributed by atoms with Gasteiger partial charge in [0.1, 0.15) is 5.75 Å². The predicted molar refractivity (Wildman–Crippen MR) is 58.6 cm³/mol. The number of phenols is 1. The molecule has 0 aliphatic rings. The maximum absolute atomic E-state index is 11.6. The number of nitrogens with one attached hydrogen (secondary N) is 1. The standard InChI is InChI=1S/C12H13NO2/c1-4-9(3)13-12(15)10-5-6-11(14)8(2)7-10/h1,5-7,9,14H,2-3H3,(H,13,15). The van der Waals surface area contributed by atoms with Crippen LogP contribution in [0, 0.1) is 19.3 Å². The highest BCUT2D eigenvalue weighted by atomic mass is 16.3. The lowest BCUT2D eigenvalue weighted by Crippen LogP contribution is -2.31. The van der Waals surface area contributed by atoms with Gasteiger partial charge in [-0.1, -0.05) is 5.92 Å². The zero-order chi connectivity index (χ0) is 11.4. The van der Waals surface area contributed by atoms with Crippen LogP contribution in [0.1, 0.15) is 22.8 Å². The smallest absolute Gasteiger partial charge is 0.252 e. The first-order valence-electron chi connectivity index (χ1n) is 4.61. The molecule has 1 aromatic rings. The van der Waals surface area contributed by atoms with Crippen molar-refractivity contribution in [1.29, 1.82) is 0 Å². The van der Waals surface area contributed by atoms with Crippen LogP contribution in [0.15, 0.2) is 18.2 Å². The molecule has 0 bridgehead atoms. The van der Waals surface area contributed by atoms with Crippen molar-refractivity contribution in [1.82, 2.24) is 5.32 Å². The van der Waals surface area contributed by atoms with E-state index in [4.69, 9.17) is 6.42 Å². The summed E-state index contributed by atoms with van der Waals surface area (Å²) in [5.74, 6) is 2.35. The lowest BCUT2D eigenvalue weighted by atomic mass is 10.1.